The van der Waals surface area contributed by atoms with Gasteiger partial charge in [0.05, 0.1) is 9.81 Å². The van der Waals surface area contributed by atoms with Crippen LogP contribution in [-0.4, -0.2) is 98.4 Å². The van der Waals surface area contributed by atoms with E-state index in [1.165, 1.54) is 0 Å². The van der Waals surface area contributed by atoms with Crippen molar-refractivity contribution >= 4 is 23.3 Å². The molecule has 24 heteroatoms. The van der Waals surface area contributed by atoms with Crippen molar-refractivity contribution in [2.24, 2.45) is 10.2 Å². The maximum absolute atomic E-state index is 12.1. The number of nitro groups is 2. The van der Waals surface area contributed by atoms with Gasteiger partial charge in [-0.15, -0.1) is 10.2 Å². The molecule has 184 valence electrons. The Morgan fingerprint density at radius 3 is 1.29 bits per heavy atom. The van der Waals surface area contributed by atoms with Gasteiger partial charge in [-0.25, -0.2) is 9.26 Å². The highest BCUT2D eigenvalue weighted by atomic mass is 16.7. The van der Waals surface area contributed by atoms with Crippen molar-refractivity contribution in [3.8, 4) is 0 Å². The first-order valence-corrected chi connectivity index (χ1v) is 8.39. The van der Waals surface area contributed by atoms with Gasteiger partial charge >= 0.3 is 11.3 Å². The molecule has 0 fully saturated rings. The molecule has 24 nitrogen and oxygen atoms in total. The molecule has 0 atom stereocenters. The van der Waals surface area contributed by atoms with Gasteiger partial charge in [-0.05, 0) is 20.6 Å². The van der Waals surface area contributed by atoms with Crippen LogP contribution in [0.5, 0.6) is 0 Å². The number of nitrogens with zero attached hydrogens (tertiary/aromatic N) is 10. The molecule has 0 unspecified atom stereocenters. The first kappa shape index (κ1) is 25.6. The number of anilines is 2. The van der Waals surface area contributed by atoms with Crippen LogP contribution in [0.1, 0.15) is 0 Å². The summed E-state index contributed by atoms with van der Waals surface area (Å²) in [6.07, 6.45) is 0. The van der Waals surface area contributed by atoms with Gasteiger partial charge in [-0.3, -0.25) is 20.2 Å². The normalized spacial score (nSPS) is 12.0. The Labute approximate surface area is 183 Å². The molecule has 2 aromatic rings. The molecule has 0 radical (unpaired) electrons. The van der Waals surface area contributed by atoms with E-state index in [0.717, 1.165) is 0 Å². The summed E-state index contributed by atoms with van der Waals surface area (Å²) in [7, 11) is 0. The third kappa shape index (κ3) is 4.57. The number of hydrazine groups is 2. The van der Waals surface area contributed by atoms with E-state index in [1.807, 2.05) is 0 Å². The summed E-state index contributed by atoms with van der Waals surface area (Å²) in [4.78, 5) is 42.7. The Hall–Kier alpha value is -4.68. The van der Waals surface area contributed by atoms with E-state index >= 15 is 0 Å². The Bertz CT molecular complexity index is 1000. The summed E-state index contributed by atoms with van der Waals surface area (Å²) in [5.41, 5.74) is -2.29. The molecule has 2 aromatic heterocycles. The van der Waals surface area contributed by atoms with Crippen molar-refractivity contribution in [1.29, 1.82) is 0 Å². The average Bonchev–Trinajstić information content (AvgIpc) is 3.43. The monoisotopic (exact) mass is 494 g/mol. The number of nitroso groups, excluding NO2 is 2. The number of azo groups is 1. The minimum absolute atomic E-state index is 0.549. The van der Waals surface area contributed by atoms with Crippen LogP contribution >= 0.6 is 0 Å². The zero-order valence-electron chi connectivity index (χ0n) is 16.4. The van der Waals surface area contributed by atoms with E-state index in [-0.39, 0.29) is 0 Å². The highest BCUT2D eigenvalue weighted by Gasteiger charge is 2.61. The number of aromatic nitrogens is 4. The molecule has 0 aromatic carbocycles. The fourth-order valence-corrected chi connectivity index (χ4v) is 1.87. The molecule has 2 rings (SSSR count). The number of aliphatic hydroxyl groups excluding tert-OH is 4. The second kappa shape index (κ2) is 10.3. The topological polar surface area (TPSA) is 334 Å². The average molecular weight is 494 g/mol. The molecule has 0 spiro atoms. The molecule has 0 bridgehead atoms. The van der Waals surface area contributed by atoms with Gasteiger partial charge in [0.2, 0.25) is 9.74 Å². The maximum atomic E-state index is 12.1. The number of nitrogens with one attached hydrogen (secondary N) is 2. The Balaban J connectivity index is 2.24. The van der Waals surface area contributed by atoms with E-state index in [2.05, 4.69) is 40.1 Å². The second-order valence-electron chi connectivity index (χ2n) is 6.00. The van der Waals surface area contributed by atoms with Gasteiger partial charge in [-0.1, -0.05) is 10.9 Å². The third-order valence-corrected chi connectivity index (χ3v) is 4.05. The fourth-order valence-electron chi connectivity index (χ4n) is 1.87. The van der Waals surface area contributed by atoms with Gasteiger partial charge in [-0.2, -0.15) is 0 Å². The largest absolute Gasteiger partial charge is 0.521 e. The standard InChI is InChI=1S/C10H14N12O12/c23-1-9(2-24,21(29)30)19(27)13-7-5(15-33-17-7)11-12-6-8(18-34-16-6)14-20(28)10(3-25,4-26)22(31)32/h23-26H,1-4H2,(H,13,17,27)(H,14,18,28)/q+2. The molecular formula is C10H14N12O12+2. The second-order valence-corrected chi connectivity index (χ2v) is 6.00. The molecule has 0 saturated heterocycles. The molecule has 6 N–H and O–H groups in total. The van der Waals surface area contributed by atoms with Crippen LogP contribution in [0, 0.1) is 30.0 Å². The van der Waals surface area contributed by atoms with Crippen molar-refractivity contribution < 1.29 is 49.3 Å². The summed E-state index contributed by atoms with van der Waals surface area (Å²) in [5, 5.41) is 78.5. The van der Waals surface area contributed by atoms with Crippen molar-refractivity contribution in [3.05, 3.63) is 30.0 Å². The number of hydrogen-bond donors (Lipinski definition) is 6. The molecular weight excluding hydrogens is 480 g/mol. The third-order valence-electron chi connectivity index (χ3n) is 4.05. The SMILES string of the molecule is O=[N+]([O-])C(CO)(CO)[N+](=O)Nc1nonc1N=Nc1nonc1N[N+](=O)C(CO)(CO)[N+](=O)[O-]. The van der Waals surface area contributed by atoms with Gasteiger partial charge in [0.1, 0.15) is 9.85 Å². The molecule has 0 aliphatic carbocycles. The summed E-state index contributed by atoms with van der Waals surface area (Å²) in [6.45, 7) is -5.64. The lowest BCUT2D eigenvalue weighted by Gasteiger charge is -2.10. The molecule has 34 heavy (non-hydrogen) atoms. The van der Waals surface area contributed by atoms with Crippen molar-refractivity contribution in [3.63, 3.8) is 0 Å². The van der Waals surface area contributed by atoms with E-state index in [9.17, 15) is 30.0 Å². The Morgan fingerprint density at radius 1 is 0.706 bits per heavy atom. The zero-order valence-corrected chi connectivity index (χ0v) is 16.4. The summed E-state index contributed by atoms with van der Waals surface area (Å²) in [6, 6.07) is 0. The van der Waals surface area contributed by atoms with Crippen LogP contribution in [0.3, 0.4) is 0 Å². The van der Waals surface area contributed by atoms with Gasteiger partial charge in [0, 0.05) is 0 Å². The number of rotatable bonds is 14. The fraction of sp³-hybridized carbons (Fsp3) is 0.600. The van der Waals surface area contributed by atoms with Crippen LogP contribution in [-0.2, 0) is 0 Å². The van der Waals surface area contributed by atoms with Crippen LogP contribution in [0.2, 0.25) is 0 Å². The summed E-state index contributed by atoms with van der Waals surface area (Å²) >= 11 is 0. The highest BCUT2D eigenvalue weighted by Crippen LogP contribution is 2.27. The molecule has 0 saturated carbocycles. The minimum atomic E-state index is -2.92. The first-order valence-electron chi connectivity index (χ1n) is 8.39. The van der Waals surface area contributed by atoms with E-state index in [0.29, 0.717) is 0 Å². The lowest BCUT2D eigenvalue weighted by molar-refractivity contribution is -0.814. The van der Waals surface area contributed by atoms with Gasteiger partial charge in [0.15, 0.2) is 26.4 Å². The van der Waals surface area contributed by atoms with Crippen LogP contribution in [0.25, 0.3) is 0 Å². The van der Waals surface area contributed by atoms with Gasteiger partial charge < -0.3 is 20.4 Å². The van der Waals surface area contributed by atoms with E-state index in [4.69, 9.17) is 20.4 Å². The predicted octanol–water partition coefficient (Wildman–Crippen LogP) is -3.01. The lowest BCUT2D eigenvalue weighted by atomic mass is 10.2. The maximum Gasteiger partial charge on any atom is 0.521 e. The molecule has 0 amide bonds. The van der Waals surface area contributed by atoms with Crippen molar-refractivity contribution in [2.75, 3.05) is 37.3 Å². The highest BCUT2D eigenvalue weighted by molar-refractivity contribution is 5.54. The Kier molecular flexibility index (Phi) is 7.74. The predicted molar refractivity (Wildman–Crippen MR) is 95.1 cm³/mol. The van der Waals surface area contributed by atoms with Crippen LogP contribution < -0.4 is 10.9 Å². The molecule has 0 aliphatic rings. The first-order chi connectivity index (χ1) is 16.1. The number of aliphatic hydroxyl groups is 4. The van der Waals surface area contributed by atoms with Crippen molar-refractivity contribution in [1.82, 2.24) is 20.6 Å². The van der Waals surface area contributed by atoms with Crippen LogP contribution in [0.15, 0.2) is 19.5 Å². The van der Waals surface area contributed by atoms with Crippen molar-refractivity contribution in [2.45, 2.75) is 11.3 Å². The summed E-state index contributed by atoms with van der Waals surface area (Å²) in [5.74, 6) is -2.66. The summed E-state index contributed by atoms with van der Waals surface area (Å²) < 4.78 is 8.62. The number of hydrogen-bond acceptors (Lipinski definition) is 18. The quantitative estimate of drug-likeness (QED) is 0.0500. The smallest absolute Gasteiger partial charge is 0.382 e. The minimum Gasteiger partial charge on any atom is -0.382 e. The molecule has 2 heterocycles. The van der Waals surface area contributed by atoms with E-state index < -0.39 is 80.6 Å². The van der Waals surface area contributed by atoms with Gasteiger partial charge in [0.25, 0.3) is 23.3 Å². The Morgan fingerprint density at radius 2 is 1.03 bits per heavy atom. The van der Waals surface area contributed by atoms with Crippen LogP contribution in [0.4, 0.5) is 23.3 Å². The zero-order chi connectivity index (χ0) is 25.5. The van der Waals surface area contributed by atoms with E-state index in [1.54, 1.807) is 10.9 Å². The lowest BCUT2D eigenvalue weighted by Crippen LogP contribution is -2.56. The molecule has 0 aliphatic heterocycles.